The maximum Gasteiger partial charge on any atom is 0.323 e. The molecular formula is C72H114N6O12. The molecule has 90 heavy (non-hydrogen) atoms. The summed E-state index contributed by atoms with van der Waals surface area (Å²) in [5.74, 6) is -38.2. The van der Waals surface area contributed by atoms with Crippen molar-refractivity contribution in [2.24, 2.45) is 70.3 Å². The van der Waals surface area contributed by atoms with Crippen molar-refractivity contribution in [3.63, 3.8) is 0 Å². The first kappa shape index (κ1) is 26.1. The highest BCUT2D eigenvalue weighted by atomic mass is 16.6. The first-order valence-corrected chi connectivity index (χ1v) is 27.1. The average Bonchev–Trinajstić information content (AvgIpc) is 0.633. The van der Waals surface area contributed by atoms with E-state index in [-0.39, 0.29) is 0 Å². The van der Waals surface area contributed by atoms with E-state index in [1.807, 2.05) is 0 Å². The van der Waals surface area contributed by atoms with Crippen molar-refractivity contribution in [3.05, 3.63) is 69.6 Å². The molecular weight excluding hydrogens is 1140 g/mol. The van der Waals surface area contributed by atoms with Gasteiger partial charge in [-0.25, -0.2) is 0 Å². The van der Waals surface area contributed by atoms with E-state index in [1.165, 1.54) is 41.5 Å². The Hall–Kier alpha value is -5.37. The van der Waals surface area contributed by atoms with Crippen molar-refractivity contribution in [2.45, 2.75) is 195 Å². The Morgan fingerprint density at radius 3 is 0.978 bits per heavy atom. The Morgan fingerprint density at radius 1 is 0.489 bits per heavy atom. The molecule has 3 fully saturated rings. The molecule has 3 aromatic rings. The molecule has 3 saturated heterocycles. The quantitative estimate of drug-likeness (QED) is 0.0666. The third-order valence-electron chi connectivity index (χ3n) is 12.7. The van der Waals surface area contributed by atoms with Crippen LogP contribution in [0, 0.1) is 53.1 Å². The number of methoxy groups -OCH3 is 6. The van der Waals surface area contributed by atoms with Crippen molar-refractivity contribution in [2.75, 3.05) is 81.6 Å². The van der Waals surface area contributed by atoms with Gasteiger partial charge in [-0.15, -0.1) is 0 Å². The number of ether oxygens (including phenoxy) is 9. The molecule has 15 atom stereocenters. The van der Waals surface area contributed by atoms with Crippen molar-refractivity contribution < 1.29 is 139 Å². The van der Waals surface area contributed by atoms with Crippen LogP contribution < -0.4 is 45.6 Å². The Kier molecular flexibility index (Phi) is 9.41. The maximum atomic E-state index is 13.5. The van der Waals surface area contributed by atoms with Crippen LogP contribution in [0.4, 0.5) is 0 Å². The maximum absolute atomic E-state index is 13.5. The number of rotatable bonds is 21. The van der Waals surface area contributed by atoms with Gasteiger partial charge in [0.2, 0.25) is 0 Å². The highest BCUT2D eigenvalue weighted by molar-refractivity contribution is 5.77. The fourth-order valence-corrected chi connectivity index (χ4v) is 7.81. The summed E-state index contributed by atoms with van der Waals surface area (Å²) in [7, 11) is 1.18. The molecule has 3 aromatic carbocycles. The number of benzene rings is 3. The first-order valence-electron chi connectivity index (χ1n) is 57.1. The molecule has 0 aromatic heterocycles. The second-order valence-corrected chi connectivity index (χ2v) is 20.5. The van der Waals surface area contributed by atoms with E-state index in [0.717, 1.165) is 35.5 Å². The number of fused-ring (bicyclic) bond motifs is 9. The number of hydrogen-bond donors (Lipinski definition) is 3. The van der Waals surface area contributed by atoms with Crippen molar-refractivity contribution in [3.8, 4) is 34.5 Å². The molecule has 6 heterocycles. The summed E-state index contributed by atoms with van der Waals surface area (Å²) in [5, 5.41) is 0. The fourth-order valence-electron chi connectivity index (χ4n) is 7.81. The molecule has 0 saturated carbocycles. The zero-order valence-electron chi connectivity index (χ0n) is 111. The molecule has 12 unspecified atom stereocenters. The number of carbonyl (C=O) groups excluding carboxylic acids is 3. The molecule has 0 radical (unpaired) electrons. The molecule has 0 bridgehead atoms. The minimum atomic E-state index is -4.69. The van der Waals surface area contributed by atoms with Gasteiger partial charge in [-0.1, -0.05) is 82.9 Å². The molecule has 9 rings (SSSR count). The van der Waals surface area contributed by atoms with Gasteiger partial charge in [0.05, 0.1) is 63.1 Å². The van der Waals surface area contributed by atoms with Crippen LogP contribution in [0.1, 0.15) is 255 Å². The highest BCUT2D eigenvalue weighted by Crippen LogP contribution is 2.48. The lowest BCUT2D eigenvalue weighted by atomic mass is 9.79. The SMILES string of the molecule is [2H]c1c(OC([2H])([2H])[2H])c(OC)c([2H])c2c1C([2H])([2H])C([2H])([2H])N1C([2H])([2H])C([2H])(C([2H])([2H])C([2H])(C)C([2H])([2H])[2H])C([2H])(OC(=O)[C@@H](N)C(C)C)C([2H])([2H])C21[2H].[2H]c1c(OC)c(OC)c([2H])c2c1C([2H])([2H])C([2H])([2H])N1C([2H])([2H])C([2H])(C([2H])([2H])C([2H])(C)C([2H])([2H])[2H])C([2H])(OC(=O)[C@@H](N)C(C)C)C([2H])([2H])C21[2H].[2H]c1c(OC)c(OC)c([2H])c2c1C([2H])([2H])C([2H])([2H])N1C([2H])([2H])C([2H])(C([2H])([2H])C([2H])(C)C([2H])([2H])[2H])C([2H])(OC(=O)[C@@H](N)C(C)C)C([2H])([2H])C21[2H]. The van der Waals surface area contributed by atoms with Crippen molar-refractivity contribution >= 4 is 17.9 Å². The number of carbonyl (C=O) groups is 3. The number of nitrogens with two attached hydrogens (primary N) is 3. The largest absolute Gasteiger partial charge is 0.493 e. The minimum Gasteiger partial charge on any atom is -0.493 e. The summed E-state index contributed by atoms with van der Waals surface area (Å²) in [6, 6.07) is -25.1. The van der Waals surface area contributed by atoms with Gasteiger partial charge in [-0.05, 0) is 143 Å². The molecule has 18 heteroatoms. The molecule has 0 spiro atoms. The predicted octanol–water partition coefficient (Wildman–Crippen LogP) is 10.7. The van der Waals surface area contributed by atoms with E-state index in [4.69, 9.17) is 113 Å². The third-order valence-corrected chi connectivity index (χ3v) is 12.7. The van der Waals surface area contributed by atoms with Gasteiger partial charge < -0.3 is 59.8 Å². The second-order valence-electron chi connectivity index (χ2n) is 20.5. The van der Waals surface area contributed by atoms with Gasteiger partial charge in [-0.3, -0.25) is 29.1 Å². The molecule has 6 aliphatic heterocycles. The van der Waals surface area contributed by atoms with E-state index in [1.54, 1.807) is 0 Å². The van der Waals surface area contributed by atoms with Crippen LogP contribution in [0.2, 0.25) is 0 Å². The van der Waals surface area contributed by atoms with Crippen LogP contribution in [-0.4, -0.2) is 151 Å². The summed E-state index contributed by atoms with van der Waals surface area (Å²) >= 11 is 0. The van der Waals surface area contributed by atoms with Crippen LogP contribution in [0.15, 0.2) is 36.3 Å². The van der Waals surface area contributed by atoms with Crippen LogP contribution in [0.25, 0.3) is 0 Å². The zero-order chi connectivity index (χ0) is 119. The van der Waals surface area contributed by atoms with E-state index < -0.39 is 368 Å². The number of esters is 3. The normalized spacial score (nSPS) is 51.7. The van der Waals surface area contributed by atoms with Gasteiger partial charge in [0.1, 0.15) is 36.4 Å². The molecule has 504 valence electrons. The summed E-state index contributed by atoms with van der Waals surface area (Å²) in [4.78, 5) is 38.4. The van der Waals surface area contributed by atoms with E-state index >= 15 is 0 Å². The summed E-state index contributed by atoms with van der Waals surface area (Å²) in [6.45, 7) is -28.4. The molecule has 6 aliphatic rings. The average molecular weight is 1320 g/mol. The summed E-state index contributed by atoms with van der Waals surface area (Å²) in [6.07, 6.45) is -51.6. The Morgan fingerprint density at radius 2 is 0.744 bits per heavy atom. The molecule has 18 nitrogen and oxygen atoms in total. The van der Waals surface area contributed by atoms with Crippen molar-refractivity contribution in [1.29, 1.82) is 0 Å². The van der Waals surface area contributed by atoms with Gasteiger partial charge in [-0.2, -0.15) is 0 Å². The van der Waals surface area contributed by atoms with Crippen LogP contribution in [0.5, 0.6) is 34.5 Å². The topological polar surface area (TPSA) is 222 Å². The van der Waals surface area contributed by atoms with Crippen molar-refractivity contribution in [1.82, 2.24) is 14.7 Å². The smallest absolute Gasteiger partial charge is 0.323 e. The van der Waals surface area contributed by atoms with Gasteiger partial charge in [0.15, 0.2) is 34.5 Å². The zero-order valence-corrected chi connectivity index (χ0v) is 51.4. The Bertz CT molecular complexity index is 5550. The molecule has 0 amide bonds. The number of hydrogen-bond acceptors (Lipinski definition) is 18. The minimum absolute atomic E-state index is 0.331. The number of piperidine rings is 3. The van der Waals surface area contributed by atoms with Gasteiger partial charge >= 0.3 is 17.9 Å². The monoisotopic (exact) mass is 1320 g/mol. The molecule has 0 aliphatic carbocycles. The third kappa shape index (κ3) is 17.5. The number of nitrogens with zero attached hydrogens (tertiary/aromatic N) is 3. The van der Waals surface area contributed by atoms with Gasteiger partial charge in [0, 0.05) is 156 Å². The van der Waals surface area contributed by atoms with Gasteiger partial charge in [0.25, 0.3) is 0 Å². The fraction of sp³-hybridized carbons (Fsp3) is 0.708. The Labute approximate surface area is 623 Å². The lowest BCUT2D eigenvalue weighted by molar-refractivity contribution is -0.161. The lowest BCUT2D eigenvalue weighted by Crippen LogP contribution is -2.51. The predicted molar refractivity (Wildman–Crippen MR) is 353 cm³/mol. The van der Waals surface area contributed by atoms with E-state index in [2.05, 4.69) is 0 Å². The summed E-state index contributed by atoms with van der Waals surface area (Å²) < 4.78 is 574. The molecule has 6 N–H and O–H groups in total. The second kappa shape index (κ2) is 32.5. The first-order chi connectivity index (χ1) is 65.8. The standard InChI is InChI=1S/3C24H38N2O4/c3*1-14(2)9-17-13-26-8-7-16-10-21(28-5)22(29-6)11-18(16)19(26)12-20(17)30-24(27)23(25)15(3)4/h3*10-11,14-15,17,19-20,23H,7-9,12-13,25H2,1-6H3/t3*17?,19?,20?,23-/m000/s1/i1D3,5D3,7D2,8D2,9D2,10D,11D,12D2,13D2,14D,17D,19D,20D;2*1D3,7D2,8D2,9D2,10D,11D,12D2,13D2,14D,17D,19D,20D/t3*14?,17?,19?,20?,23-. The van der Waals surface area contributed by atoms with E-state index in [9.17, 15) is 43.2 Å². The van der Waals surface area contributed by atoms with E-state index in [0.29, 0.717) is 20.8 Å². The lowest BCUT2D eigenvalue weighted by Gasteiger charge is -2.47. The van der Waals surface area contributed by atoms with Crippen LogP contribution in [-0.2, 0) is 47.7 Å². The summed E-state index contributed by atoms with van der Waals surface area (Å²) in [5.41, 5.74) is 9.43. The van der Waals surface area contributed by atoms with Crippen LogP contribution >= 0.6 is 0 Å². The van der Waals surface area contributed by atoms with Crippen LogP contribution in [0.3, 0.4) is 0 Å². The highest BCUT2D eigenvalue weighted by Gasteiger charge is 2.45. The Balaban J connectivity index is 0.000000304.